The first-order valence-electron chi connectivity index (χ1n) is 33.2. The molecule has 7 aromatic heterocycles. The van der Waals surface area contributed by atoms with Crippen molar-refractivity contribution in [2.75, 3.05) is 108 Å². The van der Waals surface area contributed by atoms with Crippen LogP contribution in [0.15, 0.2) is 98.1 Å². The third-order valence-electron chi connectivity index (χ3n) is 16.3. The van der Waals surface area contributed by atoms with Crippen molar-refractivity contribution in [3.05, 3.63) is 144 Å². The van der Waals surface area contributed by atoms with Gasteiger partial charge in [0.05, 0.1) is 22.7 Å². The summed E-state index contributed by atoms with van der Waals surface area (Å²) in [6.07, 6.45) is 13.9. The number of alkyl halides is 2. The molecule has 1 atom stereocenters. The molecule has 0 bridgehead atoms. The smallest absolute Gasteiger partial charge is 0.292 e. The highest BCUT2D eigenvalue weighted by Gasteiger charge is 2.27. The first kappa shape index (κ1) is 78.2. The van der Waals surface area contributed by atoms with Crippen LogP contribution in [0.3, 0.4) is 0 Å². The maximum atomic E-state index is 14.3. The summed E-state index contributed by atoms with van der Waals surface area (Å²) in [7, 11) is 15.1. The van der Waals surface area contributed by atoms with Gasteiger partial charge in [-0.05, 0) is 88.3 Å². The van der Waals surface area contributed by atoms with Crippen molar-refractivity contribution in [2.24, 2.45) is 49.3 Å². The average Bonchev–Trinajstić information content (AvgIpc) is 1.64. The van der Waals surface area contributed by atoms with Crippen LogP contribution in [0.4, 0.5) is 40.1 Å². The van der Waals surface area contributed by atoms with Gasteiger partial charge in [0.1, 0.15) is 28.8 Å². The van der Waals surface area contributed by atoms with Gasteiger partial charge in [0.2, 0.25) is 35.3 Å². The molecule has 7 heterocycles. The fourth-order valence-corrected chi connectivity index (χ4v) is 11.4. The molecule has 0 aliphatic carbocycles. The van der Waals surface area contributed by atoms with Gasteiger partial charge >= 0.3 is 0 Å². The standard InChI is InChI=1S/C68H87Cl2N23O11/c1-85(2)28-11-23-71-56(95)19-25-74-62(98)49-32-44(37-87(49)4)77-64(100)51-34-46(39-89(51)6)79-65(101)52-35-45(38-90(52)7)78-63(99)50-33-43(36-88(50)5)76-61(97)48(18-24-72-55(94)13-10-12-42-14-16-47(17-15-42)93(29-21-69)30-22-70)80-68(104)60-82-53(40-92(60)9)81-57(96)20-26-75-66(102)59-83-54(41-91(59)8)84-67(103)58-73-27-31-86(58)3/h14-17,27,31-41,48H,10-13,18-26,28-30H2,1-9H3,(H,71,95)(H,72,94)(H,74,98)(H,75,102)(H,76,97)(H,77,100)(H,78,99)(H,79,101)(H,80,104)(H,81,96)(H,84,103)/t48-/m0/s1. The summed E-state index contributed by atoms with van der Waals surface area (Å²) < 4.78 is 10.3. The minimum absolute atomic E-state index is 0.0154. The zero-order valence-corrected chi connectivity index (χ0v) is 60.8. The average molecular weight is 1470 g/mol. The number of hydrogen-bond donors (Lipinski definition) is 11. The fraction of sp³-hybridized carbons (Fsp3) is 0.382. The second-order valence-corrected chi connectivity index (χ2v) is 25.6. The van der Waals surface area contributed by atoms with Crippen molar-refractivity contribution < 1.29 is 52.7 Å². The quantitative estimate of drug-likeness (QED) is 0.0195. The van der Waals surface area contributed by atoms with Crippen molar-refractivity contribution >= 4 is 128 Å². The number of imidazole rings is 3. The first-order chi connectivity index (χ1) is 49.7. The van der Waals surface area contributed by atoms with E-state index in [1.54, 1.807) is 65.4 Å². The summed E-state index contributed by atoms with van der Waals surface area (Å²) in [5.74, 6) is -4.98. The van der Waals surface area contributed by atoms with E-state index in [1.165, 1.54) is 89.7 Å². The predicted molar refractivity (Wildman–Crippen MR) is 392 cm³/mol. The van der Waals surface area contributed by atoms with Gasteiger partial charge in [0.15, 0.2) is 17.5 Å². The molecule has 0 aliphatic rings. The Hall–Kier alpha value is -11.5. The number of aryl methyl sites for hydroxylation is 8. The molecule has 0 fully saturated rings. The Morgan fingerprint density at radius 1 is 0.442 bits per heavy atom. The molecule has 0 unspecified atom stereocenters. The van der Waals surface area contributed by atoms with Gasteiger partial charge in [-0.2, -0.15) is 0 Å². The van der Waals surface area contributed by atoms with E-state index in [4.69, 9.17) is 23.2 Å². The molecular formula is C68H87Cl2N23O11. The van der Waals surface area contributed by atoms with Crippen LogP contribution in [0.5, 0.6) is 0 Å². The molecule has 0 spiro atoms. The molecule has 104 heavy (non-hydrogen) atoms. The SMILES string of the molecule is CN(C)CCCNC(=O)CCNC(=O)c1cc(NC(=O)c2cc(NC(=O)c3cc(NC(=O)c4cc(NC(=O)[C@H](CCNC(=O)CCCc5ccc(N(CCCl)CCCl)cc5)NC(=O)c5nc(NC(=O)CCNC(=O)c6nc(NC(=O)c7nccn7C)cn6C)cn5C)cn4C)cn3C)cn2C)cn1C. The van der Waals surface area contributed by atoms with E-state index in [0.29, 0.717) is 49.9 Å². The number of halogens is 2. The molecule has 11 amide bonds. The first-order valence-corrected chi connectivity index (χ1v) is 34.3. The number of nitrogens with one attached hydrogen (secondary N) is 11. The highest BCUT2D eigenvalue weighted by atomic mass is 35.5. The van der Waals surface area contributed by atoms with Crippen molar-refractivity contribution in [2.45, 2.75) is 51.0 Å². The Labute approximate surface area is 609 Å². The molecule has 8 rings (SSSR count). The van der Waals surface area contributed by atoms with Gasteiger partial charge in [-0.3, -0.25) is 52.7 Å². The van der Waals surface area contributed by atoms with E-state index in [0.717, 1.165) is 24.2 Å². The van der Waals surface area contributed by atoms with E-state index in [9.17, 15) is 52.7 Å². The number of rotatable bonds is 37. The van der Waals surface area contributed by atoms with Crippen LogP contribution in [0.2, 0.25) is 0 Å². The van der Waals surface area contributed by atoms with Gasteiger partial charge in [-0.25, -0.2) is 15.0 Å². The molecule has 34 nitrogen and oxygen atoms in total. The molecule has 1 aromatic carbocycles. The third kappa shape index (κ3) is 22.0. The Balaban J connectivity index is 0.853. The molecule has 0 radical (unpaired) electrons. The number of amides is 11. The van der Waals surface area contributed by atoms with Crippen molar-refractivity contribution in [1.82, 2.24) is 78.4 Å². The minimum Gasteiger partial charge on any atom is -0.369 e. The number of hydrogen-bond acceptors (Lipinski definition) is 16. The lowest BCUT2D eigenvalue weighted by Gasteiger charge is -2.23. The van der Waals surface area contributed by atoms with Crippen molar-refractivity contribution in [3.63, 3.8) is 0 Å². The lowest BCUT2D eigenvalue weighted by Crippen LogP contribution is -2.46. The molecule has 554 valence electrons. The molecule has 0 saturated carbocycles. The van der Waals surface area contributed by atoms with Gasteiger partial charge in [0.25, 0.3) is 41.4 Å². The van der Waals surface area contributed by atoms with Crippen LogP contribution >= 0.6 is 23.2 Å². The summed E-state index contributed by atoms with van der Waals surface area (Å²) in [5, 5.41) is 30.0. The lowest BCUT2D eigenvalue weighted by molar-refractivity contribution is -0.122. The Bertz CT molecular complexity index is 4410. The third-order valence-corrected chi connectivity index (χ3v) is 16.7. The van der Waals surface area contributed by atoms with Crippen LogP contribution in [0.1, 0.15) is 118 Å². The maximum Gasteiger partial charge on any atom is 0.292 e. The summed E-state index contributed by atoms with van der Waals surface area (Å²) >= 11 is 12.0. The Morgan fingerprint density at radius 2 is 0.913 bits per heavy atom. The van der Waals surface area contributed by atoms with Gasteiger partial charge in [-0.1, -0.05) is 12.1 Å². The van der Waals surface area contributed by atoms with E-state index in [2.05, 4.69) is 78.3 Å². The summed E-state index contributed by atoms with van der Waals surface area (Å²) in [6, 6.07) is 12.5. The molecule has 36 heteroatoms. The van der Waals surface area contributed by atoms with Crippen LogP contribution in [-0.2, 0) is 74.9 Å². The number of aromatic nitrogens is 10. The highest BCUT2D eigenvalue weighted by Crippen LogP contribution is 2.23. The van der Waals surface area contributed by atoms with E-state index >= 15 is 0 Å². The molecule has 0 aliphatic heterocycles. The van der Waals surface area contributed by atoms with E-state index < -0.39 is 59.2 Å². The minimum atomic E-state index is -1.30. The molecule has 8 aromatic rings. The Morgan fingerprint density at radius 3 is 1.42 bits per heavy atom. The summed E-state index contributed by atoms with van der Waals surface area (Å²) in [4.78, 5) is 163. The topological polar surface area (TPSA) is 400 Å². The number of anilines is 7. The second-order valence-electron chi connectivity index (χ2n) is 24.8. The molecule has 11 N–H and O–H groups in total. The van der Waals surface area contributed by atoms with Gasteiger partial charge < -0.3 is 100 Å². The van der Waals surface area contributed by atoms with Crippen molar-refractivity contribution in [1.29, 1.82) is 0 Å². The van der Waals surface area contributed by atoms with Gasteiger partial charge in [0, 0.05) is 175 Å². The molecule has 0 saturated heterocycles. The van der Waals surface area contributed by atoms with Crippen LogP contribution < -0.4 is 63.4 Å². The number of nitrogens with zero attached hydrogens (tertiary/aromatic N) is 12. The number of benzene rings is 1. The van der Waals surface area contributed by atoms with Crippen LogP contribution in [-0.4, -0.2) is 195 Å². The van der Waals surface area contributed by atoms with E-state index in [1.807, 2.05) is 43.3 Å². The normalized spacial score (nSPS) is 11.3. The zero-order chi connectivity index (χ0) is 75.3. The second kappa shape index (κ2) is 36.9. The largest absolute Gasteiger partial charge is 0.369 e. The van der Waals surface area contributed by atoms with Crippen LogP contribution in [0.25, 0.3) is 0 Å². The highest BCUT2D eigenvalue weighted by molar-refractivity contribution is 6.18. The van der Waals surface area contributed by atoms with E-state index in [-0.39, 0.29) is 126 Å². The van der Waals surface area contributed by atoms with Crippen molar-refractivity contribution in [3.8, 4) is 0 Å². The Kier molecular flexibility index (Phi) is 27.7. The molecular weight excluding hydrogens is 1390 g/mol. The summed E-state index contributed by atoms with van der Waals surface area (Å²) in [6.45, 7) is 2.59. The predicted octanol–water partition coefficient (Wildman–Crippen LogP) is 3.75. The lowest BCUT2D eigenvalue weighted by atomic mass is 10.1. The number of carbonyl (C=O) groups is 11. The van der Waals surface area contributed by atoms with Crippen LogP contribution in [0, 0.1) is 0 Å². The fourth-order valence-electron chi connectivity index (χ4n) is 11.0. The number of carbonyl (C=O) groups excluding carboxylic acids is 11. The summed E-state index contributed by atoms with van der Waals surface area (Å²) in [5.41, 5.74) is 3.69. The monoisotopic (exact) mass is 1470 g/mol. The van der Waals surface area contributed by atoms with Gasteiger partial charge in [-0.15, -0.1) is 23.2 Å². The zero-order valence-electron chi connectivity index (χ0n) is 59.2. The maximum absolute atomic E-state index is 14.3.